The van der Waals surface area contributed by atoms with Crippen molar-refractivity contribution in [1.29, 1.82) is 0 Å². The third-order valence-electron chi connectivity index (χ3n) is 2.36. The SMILES string of the molecule is CCC1COCC(C(C)C)N1. The number of rotatable bonds is 2. The molecule has 1 aliphatic rings. The maximum atomic E-state index is 5.48. The number of hydrogen-bond donors (Lipinski definition) is 1. The lowest BCUT2D eigenvalue weighted by Gasteiger charge is -2.32. The molecule has 1 saturated heterocycles. The molecule has 1 aliphatic heterocycles. The monoisotopic (exact) mass is 157 g/mol. The van der Waals surface area contributed by atoms with Gasteiger partial charge in [0.05, 0.1) is 13.2 Å². The van der Waals surface area contributed by atoms with Gasteiger partial charge in [-0.05, 0) is 12.3 Å². The van der Waals surface area contributed by atoms with Crippen molar-refractivity contribution in [2.75, 3.05) is 13.2 Å². The summed E-state index contributed by atoms with van der Waals surface area (Å²) in [6, 6.07) is 1.14. The highest BCUT2D eigenvalue weighted by Gasteiger charge is 2.21. The summed E-state index contributed by atoms with van der Waals surface area (Å²) in [5.41, 5.74) is 0. The van der Waals surface area contributed by atoms with Crippen molar-refractivity contribution in [2.24, 2.45) is 5.92 Å². The lowest BCUT2D eigenvalue weighted by atomic mass is 10.0. The molecular formula is C9H19NO. The third kappa shape index (κ3) is 2.46. The highest BCUT2D eigenvalue weighted by molar-refractivity contribution is 4.79. The van der Waals surface area contributed by atoms with Gasteiger partial charge in [-0.1, -0.05) is 20.8 Å². The summed E-state index contributed by atoms with van der Waals surface area (Å²) < 4.78 is 5.48. The Labute approximate surface area is 69.3 Å². The van der Waals surface area contributed by atoms with E-state index in [1.54, 1.807) is 0 Å². The zero-order valence-electron chi connectivity index (χ0n) is 7.76. The Kier molecular flexibility index (Phi) is 3.34. The van der Waals surface area contributed by atoms with E-state index in [1.165, 1.54) is 6.42 Å². The van der Waals surface area contributed by atoms with Crippen LogP contribution in [0.3, 0.4) is 0 Å². The summed E-state index contributed by atoms with van der Waals surface area (Å²) in [6.45, 7) is 8.44. The molecule has 0 spiro atoms. The standard InChI is InChI=1S/C9H19NO/c1-4-8-5-11-6-9(10-8)7(2)3/h7-10H,4-6H2,1-3H3. The molecule has 1 fully saturated rings. The van der Waals surface area contributed by atoms with Gasteiger partial charge in [0, 0.05) is 12.1 Å². The molecule has 0 aromatic heterocycles. The van der Waals surface area contributed by atoms with Crippen molar-refractivity contribution in [3.05, 3.63) is 0 Å². The van der Waals surface area contributed by atoms with E-state index in [1.807, 2.05) is 0 Å². The van der Waals surface area contributed by atoms with E-state index < -0.39 is 0 Å². The smallest absolute Gasteiger partial charge is 0.0623 e. The van der Waals surface area contributed by atoms with Gasteiger partial charge in [0.15, 0.2) is 0 Å². The van der Waals surface area contributed by atoms with Gasteiger partial charge in [0.25, 0.3) is 0 Å². The molecule has 0 saturated carbocycles. The van der Waals surface area contributed by atoms with Crippen molar-refractivity contribution in [1.82, 2.24) is 5.32 Å². The average Bonchev–Trinajstić information content (AvgIpc) is 2.05. The van der Waals surface area contributed by atoms with Gasteiger partial charge in [-0.3, -0.25) is 0 Å². The maximum Gasteiger partial charge on any atom is 0.0623 e. The van der Waals surface area contributed by atoms with Crippen molar-refractivity contribution in [2.45, 2.75) is 39.3 Å². The summed E-state index contributed by atoms with van der Waals surface area (Å²) >= 11 is 0. The Balaban J connectivity index is 2.33. The van der Waals surface area contributed by atoms with Crippen LogP contribution >= 0.6 is 0 Å². The normalized spacial score (nSPS) is 32.7. The summed E-state index contributed by atoms with van der Waals surface area (Å²) in [4.78, 5) is 0. The zero-order valence-corrected chi connectivity index (χ0v) is 7.76. The van der Waals surface area contributed by atoms with Crippen LogP contribution in [0.2, 0.25) is 0 Å². The predicted octanol–water partition coefficient (Wildman–Crippen LogP) is 1.41. The van der Waals surface area contributed by atoms with Gasteiger partial charge in [-0.2, -0.15) is 0 Å². The molecule has 1 rings (SSSR count). The Hall–Kier alpha value is -0.0800. The minimum atomic E-state index is 0.564. The fourth-order valence-electron chi connectivity index (χ4n) is 1.36. The zero-order chi connectivity index (χ0) is 8.27. The molecule has 2 atom stereocenters. The fourth-order valence-corrected chi connectivity index (χ4v) is 1.36. The van der Waals surface area contributed by atoms with Crippen LogP contribution < -0.4 is 5.32 Å². The first-order valence-electron chi connectivity index (χ1n) is 4.57. The minimum absolute atomic E-state index is 0.564. The lowest BCUT2D eigenvalue weighted by molar-refractivity contribution is 0.0311. The number of morpholine rings is 1. The van der Waals surface area contributed by atoms with Crippen LogP contribution in [-0.4, -0.2) is 25.3 Å². The second kappa shape index (κ2) is 4.07. The Morgan fingerprint density at radius 1 is 1.45 bits per heavy atom. The third-order valence-corrected chi connectivity index (χ3v) is 2.36. The molecule has 1 N–H and O–H groups in total. The van der Waals surface area contributed by atoms with E-state index in [-0.39, 0.29) is 0 Å². The maximum absolute atomic E-state index is 5.48. The molecule has 11 heavy (non-hydrogen) atoms. The Morgan fingerprint density at radius 2 is 2.18 bits per heavy atom. The molecule has 2 unspecified atom stereocenters. The summed E-state index contributed by atoms with van der Waals surface area (Å²) in [7, 11) is 0. The Bertz CT molecular complexity index is 114. The van der Waals surface area contributed by atoms with Crippen LogP contribution in [0.25, 0.3) is 0 Å². The van der Waals surface area contributed by atoms with Crippen LogP contribution in [0, 0.1) is 5.92 Å². The fraction of sp³-hybridized carbons (Fsp3) is 1.00. The van der Waals surface area contributed by atoms with Gasteiger partial charge in [-0.15, -0.1) is 0 Å². The highest BCUT2D eigenvalue weighted by Crippen LogP contribution is 2.09. The summed E-state index contributed by atoms with van der Waals surface area (Å²) in [5.74, 6) is 0.685. The van der Waals surface area contributed by atoms with E-state index in [0.717, 1.165) is 13.2 Å². The van der Waals surface area contributed by atoms with Crippen molar-refractivity contribution in [3.8, 4) is 0 Å². The van der Waals surface area contributed by atoms with Gasteiger partial charge in [0.2, 0.25) is 0 Å². The molecule has 0 radical (unpaired) electrons. The minimum Gasteiger partial charge on any atom is -0.378 e. The van der Waals surface area contributed by atoms with E-state index >= 15 is 0 Å². The summed E-state index contributed by atoms with van der Waals surface area (Å²) in [5, 5.41) is 3.58. The van der Waals surface area contributed by atoms with Crippen LogP contribution in [-0.2, 0) is 4.74 Å². The van der Waals surface area contributed by atoms with E-state index in [4.69, 9.17) is 4.74 Å². The van der Waals surface area contributed by atoms with E-state index in [2.05, 4.69) is 26.1 Å². The van der Waals surface area contributed by atoms with Crippen molar-refractivity contribution >= 4 is 0 Å². The second-order valence-electron chi connectivity index (χ2n) is 3.66. The average molecular weight is 157 g/mol. The lowest BCUT2D eigenvalue weighted by Crippen LogP contribution is -2.50. The van der Waals surface area contributed by atoms with E-state index in [9.17, 15) is 0 Å². The van der Waals surface area contributed by atoms with Crippen molar-refractivity contribution in [3.63, 3.8) is 0 Å². The largest absolute Gasteiger partial charge is 0.378 e. The van der Waals surface area contributed by atoms with Crippen LogP contribution in [0.1, 0.15) is 27.2 Å². The predicted molar refractivity (Wildman–Crippen MR) is 46.7 cm³/mol. The topological polar surface area (TPSA) is 21.3 Å². The molecule has 66 valence electrons. The highest BCUT2D eigenvalue weighted by atomic mass is 16.5. The quantitative estimate of drug-likeness (QED) is 0.654. The van der Waals surface area contributed by atoms with Crippen LogP contribution in [0.15, 0.2) is 0 Å². The van der Waals surface area contributed by atoms with Crippen LogP contribution in [0.4, 0.5) is 0 Å². The van der Waals surface area contributed by atoms with Gasteiger partial charge in [0.1, 0.15) is 0 Å². The molecule has 0 aliphatic carbocycles. The molecule has 1 heterocycles. The van der Waals surface area contributed by atoms with Gasteiger partial charge >= 0.3 is 0 Å². The molecule has 0 amide bonds. The molecule has 0 bridgehead atoms. The molecule has 2 heteroatoms. The van der Waals surface area contributed by atoms with Gasteiger partial charge < -0.3 is 10.1 Å². The number of nitrogens with one attached hydrogen (secondary N) is 1. The first-order chi connectivity index (χ1) is 5.24. The van der Waals surface area contributed by atoms with Gasteiger partial charge in [-0.25, -0.2) is 0 Å². The number of ether oxygens (including phenoxy) is 1. The molecular weight excluding hydrogens is 138 g/mol. The first-order valence-corrected chi connectivity index (χ1v) is 4.57. The first kappa shape index (κ1) is 9.01. The molecule has 0 aromatic carbocycles. The molecule has 0 aromatic rings. The second-order valence-corrected chi connectivity index (χ2v) is 3.66. The Morgan fingerprint density at radius 3 is 2.73 bits per heavy atom. The van der Waals surface area contributed by atoms with Crippen LogP contribution in [0.5, 0.6) is 0 Å². The summed E-state index contributed by atoms with van der Waals surface area (Å²) in [6.07, 6.45) is 1.17. The number of hydrogen-bond acceptors (Lipinski definition) is 2. The van der Waals surface area contributed by atoms with Crippen molar-refractivity contribution < 1.29 is 4.74 Å². The molecule has 2 nitrogen and oxygen atoms in total. The van der Waals surface area contributed by atoms with E-state index in [0.29, 0.717) is 18.0 Å².